The Morgan fingerprint density at radius 2 is 1.94 bits per heavy atom. The number of carboxylic acids is 1. The highest BCUT2D eigenvalue weighted by molar-refractivity contribution is 5.81. The van der Waals surface area contributed by atoms with Gasteiger partial charge in [-0.3, -0.25) is 4.79 Å². The van der Waals surface area contributed by atoms with Gasteiger partial charge in [0.2, 0.25) is 0 Å². The fourth-order valence-corrected chi connectivity index (χ4v) is 2.62. The van der Waals surface area contributed by atoms with Gasteiger partial charge >= 0.3 is 5.97 Å². The van der Waals surface area contributed by atoms with E-state index < -0.39 is 11.4 Å². The fourth-order valence-electron chi connectivity index (χ4n) is 2.62. The van der Waals surface area contributed by atoms with Crippen LogP contribution in [-0.4, -0.2) is 11.1 Å². The van der Waals surface area contributed by atoms with E-state index in [0.29, 0.717) is 18.4 Å². The molecular formula is C13H15FO2. The smallest absolute Gasteiger partial charge is 0.314 e. The molecule has 2 rings (SSSR count). The van der Waals surface area contributed by atoms with Crippen molar-refractivity contribution in [3.05, 3.63) is 35.1 Å². The molecule has 0 aromatic heterocycles. The first-order valence-electron chi connectivity index (χ1n) is 5.56. The zero-order valence-electron chi connectivity index (χ0n) is 9.29. The number of carbonyl (C=O) groups is 1. The van der Waals surface area contributed by atoms with Crippen molar-refractivity contribution in [3.8, 4) is 0 Å². The van der Waals surface area contributed by atoms with E-state index in [1.165, 1.54) is 12.1 Å². The molecule has 1 fully saturated rings. The maximum absolute atomic E-state index is 13.3. The second kappa shape index (κ2) is 3.89. The summed E-state index contributed by atoms with van der Waals surface area (Å²) >= 11 is 0. The second-order valence-electron chi connectivity index (χ2n) is 4.61. The van der Waals surface area contributed by atoms with Crippen molar-refractivity contribution in [2.75, 3.05) is 0 Å². The SMILES string of the molecule is Cc1cc(F)cc(C2(C(=O)O)CCCC2)c1. The molecule has 0 unspecified atom stereocenters. The van der Waals surface area contributed by atoms with Crippen molar-refractivity contribution in [2.24, 2.45) is 0 Å². The molecule has 0 bridgehead atoms. The molecule has 0 aliphatic heterocycles. The van der Waals surface area contributed by atoms with Crippen LogP contribution >= 0.6 is 0 Å². The summed E-state index contributed by atoms with van der Waals surface area (Å²) in [5.41, 5.74) is 0.546. The normalized spacial score (nSPS) is 18.6. The molecule has 1 aliphatic carbocycles. The zero-order chi connectivity index (χ0) is 11.8. The monoisotopic (exact) mass is 222 g/mol. The standard InChI is InChI=1S/C13H15FO2/c1-9-6-10(8-11(14)7-9)13(12(15)16)4-2-3-5-13/h6-8H,2-5H2,1H3,(H,15,16). The lowest BCUT2D eigenvalue weighted by Crippen LogP contribution is -2.32. The Morgan fingerprint density at radius 3 is 2.44 bits per heavy atom. The van der Waals surface area contributed by atoms with E-state index in [9.17, 15) is 14.3 Å². The average molecular weight is 222 g/mol. The first-order chi connectivity index (χ1) is 7.54. The van der Waals surface area contributed by atoms with Gasteiger partial charge in [-0.1, -0.05) is 18.9 Å². The lowest BCUT2D eigenvalue weighted by molar-refractivity contribution is -0.143. The van der Waals surface area contributed by atoms with Gasteiger partial charge in [-0.15, -0.1) is 0 Å². The van der Waals surface area contributed by atoms with E-state index in [1.807, 2.05) is 0 Å². The summed E-state index contributed by atoms with van der Waals surface area (Å²) in [6.45, 7) is 1.79. The van der Waals surface area contributed by atoms with Crippen LogP contribution in [0, 0.1) is 12.7 Å². The molecule has 3 heteroatoms. The molecule has 86 valence electrons. The van der Waals surface area contributed by atoms with E-state index in [-0.39, 0.29) is 5.82 Å². The van der Waals surface area contributed by atoms with Crippen LogP contribution in [0.3, 0.4) is 0 Å². The average Bonchev–Trinajstić information content (AvgIpc) is 2.65. The minimum atomic E-state index is -0.854. The Labute approximate surface area is 94.1 Å². The molecule has 1 aromatic carbocycles. The molecule has 2 nitrogen and oxygen atoms in total. The second-order valence-corrected chi connectivity index (χ2v) is 4.61. The topological polar surface area (TPSA) is 37.3 Å². The summed E-state index contributed by atoms with van der Waals surface area (Å²) in [5.74, 6) is -1.17. The number of halogens is 1. The summed E-state index contributed by atoms with van der Waals surface area (Å²) in [4.78, 5) is 11.4. The van der Waals surface area contributed by atoms with Crippen molar-refractivity contribution < 1.29 is 14.3 Å². The number of rotatable bonds is 2. The molecule has 1 aromatic rings. The number of hydrogen-bond donors (Lipinski definition) is 1. The zero-order valence-corrected chi connectivity index (χ0v) is 9.29. The maximum Gasteiger partial charge on any atom is 0.314 e. The molecule has 16 heavy (non-hydrogen) atoms. The minimum absolute atomic E-state index is 0.345. The molecule has 0 amide bonds. The van der Waals surface area contributed by atoms with Crippen molar-refractivity contribution in [3.63, 3.8) is 0 Å². The third-order valence-corrected chi connectivity index (χ3v) is 3.46. The molecule has 1 saturated carbocycles. The Bertz CT molecular complexity index is 400. The van der Waals surface area contributed by atoms with E-state index in [2.05, 4.69) is 0 Å². The van der Waals surface area contributed by atoms with Gasteiger partial charge in [0.1, 0.15) is 5.82 Å². The van der Waals surface area contributed by atoms with E-state index >= 15 is 0 Å². The van der Waals surface area contributed by atoms with Crippen LogP contribution in [0.2, 0.25) is 0 Å². The van der Waals surface area contributed by atoms with Gasteiger partial charge in [0.25, 0.3) is 0 Å². The van der Waals surface area contributed by atoms with Crippen molar-refractivity contribution in [1.29, 1.82) is 0 Å². The molecule has 0 radical (unpaired) electrons. The summed E-state index contributed by atoms with van der Waals surface area (Å²) in [7, 11) is 0. The van der Waals surface area contributed by atoms with Crippen LogP contribution in [-0.2, 0) is 10.2 Å². The van der Waals surface area contributed by atoms with Gasteiger partial charge in [0, 0.05) is 0 Å². The number of carboxylic acid groups (broad SMARTS) is 1. The van der Waals surface area contributed by atoms with Crippen LogP contribution < -0.4 is 0 Å². The Morgan fingerprint density at radius 1 is 1.31 bits per heavy atom. The predicted octanol–water partition coefficient (Wildman–Crippen LogP) is 3.03. The molecule has 1 aliphatic rings. The highest BCUT2D eigenvalue weighted by Crippen LogP contribution is 2.41. The molecule has 0 atom stereocenters. The Kier molecular flexibility index (Phi) is 2.70. The minimum Gasteiger partial charge on any atom is -0.481 e. The third kappa shape index (κ3) is 1.70. The first kappa shape index (κ1) is 11.1. The predicted molar refractivity (Wildman–Crippen MR) is 58.9 cm³/mol. The number of aliphatic carboxylic acids is 1. The van der Waals surface area contributed by atoms with Crippen LogP contribution in [0.25, 0.3) is 0 Å². The summed E-state index contributed by atoms with van der Waals surface area (Å²) < 4.78 is 13.3. The third-order valence-electron chi connectivity index (χ3n) is 3.46. The van der Waals surface area contributed by atoms with Gasteiger partial charge < -0.3 is 5.11 Å². The van der Waals surface area contributed by atoms with Gasteiger partial charge in [-0.25, -0.2) is 4.39 Å². The fraction of sp³-hybridized carbons (Fsp3) is 0.462. The molecule has 0 spiro atoms. The van der Waals surface area contributed by atoms with E-state index in [4.69, 9.17) is 0 Å². The van der Waals surface area contributed by atoms with Crippen molar-refractivity contribution >= 4 is 5.97 Å². The highest BCUT2D eigenvalue weighted by atomic mass is 19.1. The number of aryl methyl sites for hydroxylation is 1. The number of hydrogen-bond acceptors (Lipinski definition) is 1. The van der Waals surface area contributed by atoms with Crippen molar-refractivity contribution in [2.45, 2.75) is 38.0 Å². The lowest BCUT2D eigenvalue weighted by atomic mass is 9.78. The van der Waals surface area contributed by atoms with Crippen molar-refractivity contribution in [1.82, 2.24) is 0 Å². The van der Waals surface area contributed by atoms with Gasteiger partial charge in [-0.05, 0) is 43.0 Å². The van der Waals surface area contributed by atoms with Crippen LogP contribution in [0.15, 0.2) is 18.2 Å². The lowest BCUT2D eigenvalue weighted by Gasteiger charge is -2.24. The van der Waals surface area contributed by atoms with Crippen LogP contribution in [0.4, 0.5) is 4.39 Å². The molecule has 0 saturated heterocycles. The highest BCUT2D eigenvalue weighted by Gasteiger charge is 2.43. The maximum atomic E-state index is 13.3. The summed E-state index contributed by atoms with van der Waals surface area (Å²) in [6.07, 6.45) is 3.04. The molecular weight excluding hydrogens is 207 g/mol. The summed E-state index contributed by atoms with van der Waals surface area (Å²) in [5, 5.41) is 9.38. The van der Waals surface area contributed by atoms with Gasteiger partial charge in [0.05, 0.1) is 5.41 Å². The number of benzene rings is 1. The van der Waals surface area contributed by atoms with Gasteiger partial charge in [0.15, 0.2) is 0 Å². The molecule has 0 heterocycles. The van der Waals surface area contributed by atoms with Gasteiger partial charge in [-0.2, -0.15) is 0 Å². The van der Waals surface area contributed by atoms with Crippen LogP contribution in [0.1, 0.15) is 36.8 Å². The Hall–Kier alpha value is -1.38. The summed E-state index contributed by atoms with van der Waals surface area (Å²) in [6, 6.07) is 4.59. The molecule has 1 N–H and O–H groups in total. The van der Waals surface area contributed by atoms with E-state index in [0.717, 1.165) is 18.4 Å². The quantitative estimate of drug-likeness (QED) is 0.835. The van der Waals surface area contributed by atoms with E-state index in [1.54, 1.807) is 13.0 Å². The first-order valence-corrected chi connectivity index (χ1v) is 5.56. The van der Waals surface area contributed by atoms with Crippen LogP contribution in [0.5, 0.6) is 0 Å². The largest absolute Gasteiger partial charge is 0.481 e. The Balaban J connectivity index is 2.51.